The number of rotatable bonds is 2. The van der Waals surface area contributed by atoms with Crippen molar-refractivity contribution in [3.05, 3.63) is 18.3 Å². The number of piperazine rings is 1. The van der Waals surface area contributed by atoms with Crippen molar-refractivity contribution in [3.8, 4) is 0 Å². The first-order chi connectivity index (χ1) is 7.97. The van der Waals surface area contributed by atoms with Gasteiger partial charge >= 0.3 is 0 Å². The van der Waals surface area contributed by atoms with Crippen molar-refractivity contribution in [1.82, 2.24) is 9.29 Å². The molecule has 17 heavy (non-hydrogen) atoms. The molecule has 2 N–H and O–H groups in total. The fourth-order valence-electron chi connectivity index (χ4n) is 1.86. The zero-order valence-electron chi connectivity index (χ0n) is 9.70. The minimum atomic E-state index is -3.08. The van der Waals surface area contributed by atoms with Crippen LogP contribution in [-0.4, -0.2) is 50.1 Å². The molecule has 7 heteroatoms. The molecule has 0 unspecified atom stereocenters. The maximum atomic E-state index is 11.4. The molecule has 0 spiro atoms. The summed E-state index contributed by atoms with van der Waals surface area (Å²) in [6, 6.07) is 3.53. The topological polar surface area (TPSA) is 79.5 Å². The predicted octanol–water partition coefficient (Wildman–Crippen LogP) is -0.255. The number of sulfonamides is 1. The molecule has 0 amide bonds. The Hall–Kier alpha value is -1.34. The maximum absolute atomic E-state index is 11.4. The van der Waals surface area contributed by atoms with Gasteiger partial charge in [0.15, 0.2) is 0 Å². The van der Waals surface area contributed by atoms with Crippen molar-refractivity contribution in [1.29, 1.82) is 0 Å². The molecule has 2 heterocycles. The van der Waals surface area contributed by atoms with E-state index in [0.29, 0.717) is 31.9 Å². The largest absolute Gasteiger partial charge is 0.399 e. The molecule has 0 atom stereocenters. The van der Waals surface area contributed by atoms with Gasteiger partial charge in [-0.15, -0.1) is 0 Å². The first-order valence-corrected chi connectivity index (χ1v) is 7.23. The van der Waals surface area contributed by atoms with Crippen LogP contribution in [0.15, 0.2) is 18.3 Å². The second kappa shape index (κ2) is 4.50. The molecule has 0 saturated carbocycles. The van der Waals surface area contributed by atoms with Crippen LogP contribution in [0.2, 0.25) is 0 Å². The van der Waals surface area contributed by atoms with Gasteiger partial charge in [-0.05, 0) is 6.07 Å². The van der Waals surface area contributed by atoms with E-state index in [9.17, 15) is 8.42 Å². The van der Waals surface area contributed by atoms with Crippen LogP contribution in [0.5, 0.6) is 0 Å². The highest BCUT2D eigenvalue weighted by Gasteiger charge is 2.23. The van der Waals surface area contributed by atoms with Gasteiger partial charge in [0.05, 0.1) is 6.26 Å². The summed E-state index contributed by atoms with van der Waals surface area (Å²) in [6.07, 6.45) is 2.90. The Morgan fingerprint density at radius 1 is 1.29 bits per heavy atom. The Morgan fingerprint density at radius 2 is 1.94 bits per heavy atom. The van der Waals surface area contributed by atoms with E-state index in [2.05, 4.69) is 4.98 Å². The van der Waals surface area contributed by atoms with Gasteiger partial charge in [-0.3, -0.25) is 0 Å². The minimum Gasteiger partial charge on any atom is -0.399 e. The van der Waals surface area contributed by atoms with Gasteiger partial charge in [0.25, 0.3) is 0 Å². The Bertz CT molecular complexity index is 495. The van der Waals surface area contributed by atoms with E-state index >= 15 is 0 Å². The van der Waals surface area contributed by atoms with Gasteiger partial charge in [-0.1, -0.05) is 0 Å². The van der Waals surface area contributed by atoms with E-state index in [4.69, 9.17) is 5.73 Å². The van der Waals surface area contributed by atoms with Gasteiger partial charge in [-0.25, -0.2) is 13.4 Å². The SMILES string of the molecule is CS(=O)(=O)N1CCN(c2cc(N)ccn2)CC1. The molecule has 0 aromatic carbocycles. The van der Waals surface area contributed by atoms with Crippen molar-refractivity contribution in [2.45, 2.75) is 0 Å². The van der Waals surface area contributed by atoms with Gasteiger partial charge in [0, 0.05) is 44.1 Å². The van der Waals surface area contributed by atoms with Crippen LogP contribution in [0.4, 0.5) is 11.5 Å². The third-order valence-electron chi connectivity index (χ3n) is 2.80. The number of anilines is 2. The molecular weight excluding hydrogens is 240 g/mol. The smallest absolute Gasteiger partial charge is 0.211 e. The van der Waals surface area contributed by atoms with E-state index in [1.165, 1.54) is 10.6 Å². The number of nitrogens with two attached hydrogens (primary N) is 1. The molecular formula is C10H16N4O2S. The van der Waals surface area contributed by atoms with Gasteiger partial charge in [0.2, 0.25) is 10.0 Å². The van der Waals surface area contributed by atoms with Crippen LogP contribution in [0, 0.1) is 0 Å². The lowest BCUT2D eigenvalue weighted by Gasteiger charge is -2.33. The molecule has 1 aromatic heterocycles. The zero-order valence-corrected chi connectivity index (χ0v) is 10.5. The summed E-state index contributed by atoms with van der Waals surface area (Å²) in [4.78, 5) is 6.27. The summed E-state index contributed by atoms with van der Waals surface area (Å²) in [7, 11) is -3.08. The second-order valence-electron chi connectivity index (χ2n) is 4.10. The van der Waals surface area contributed by atoms with Crippen LogP contribution in [0.3, 0.4) is 0 Å². The third-order valence-corrected chi connectivity index (χ3v) is 4.10. The quantitative estimate of drug-likeness (QED) is 0.789. The average molecular weight is 256 g/mol. The number of hydrogen-bond donors (Lipinski definition) is 1. The number of pyridine rings is 1. The van der Waals surface area contributed by atoms with Crippen LogP contribution in [0.25, 0.3) is 0 Å². The lowest BCUT2D eigenvalue weighted by Crippen LogP contribution is -2.48. The molecule has 0 aliphatic carbocycles. The lowest BCUT2D eigenvalue weighted by molar-refractivity contribution is 0.387. The fraction of sp³-hybridized carbons (Fsp3) is 0.500. The van der Waals surface area contributed by atoms with Crippen molar-refractivity contribution in [2.75, 3.05) is 43.1 Å². The Labute approximate surface area is 101 Å². The van der Waals surface area contributed by atoms with Crippen LogP contribution in [-0.2, 0) is 10.0 Å². The number of nitrogen functional groups attached to an aromatic ring is 1. The minimum absolute atomic E-state index is 0.495. The summed E-state index contributed by atoms with van der Waals surface area (Å²) in [5, 5.41) is 0. The highest BCUT2D eigenvalue weighted by molar-refractivity contribution is 7.88. The first-order valence-electron chi connectivity index (χ1n) is 5.38. The molecule has 0 radical (unpaired) electrons. The van der Waals surface area contributed by atoms with Crippen LogP contribution in [0.1, 0.15) is 0 Å². The molecule has 1 saturated heterocycles. The second-order valence-corrected chi connectivity index (χ2v) is 6.08. The van der Waals surface area contributed by atoms with Crippen molar-refractivity contribution in [2.24, 2.45) is 0 Å². The Morgan fingerprint density at radius 3 is 2.47 bits per heavy atom. The van der Waals surface area contributed by atoms with Crippen molar-refractivity contribution >= 4 is 21.5 Å². The van der Waals surface area contributed by atoms with Gasteiger partial charge in [0.1, 0.15) is 5.82 Å². The standard InChI is InChI=1S/C10H16N4O2S/c1-17(15,16)14-6-4-13(5-7-14)10-8-9(11)2-3-12-10/h2-3,8H,4-7H2,1H3,(H2,11,12). The highest BCUT2D eigenvalue weighted by Crippen LogP contribution is 2.16. The maximum Gasteiger partial charge on any atom is 0.211 e. The number of nitrogens with zero attached hydrogens (tertiary/aromatic N) is 3. The monoisotopic (exact) mass is 256 g/mol. The fourth-order valence-corrected chi connectivity index (χ4v) is 2.68. The Kier molecular flexibility index (Phi) is 3.21. The summed E-state index contributed by atoms with van der Waals surface area (Å²) in [5.41, 5.74) is 6.36. The van der Waals surface area contributed by atoms with E-state index in [1.54, 1.807) is 18.3 Å². The molecule has 1 fully saturated rings. The normalized spacial score (nSPS) is 18.3. The number of hydrogen-bond acceptors (Lipinski definition) is 5. The van der Waals surface area contributed by atoms with Gasteiger partial charge < -0.3 is 10.6 Å². The van der Waals surface area contributed by atoms with Crippen LogP contribution >= 0.6 is 0 Å². The molecule has 1 aliphatic heterocycles. The molecule has 6 nitrogen and oxygen atoms in total. The van der Waals surface area contributed by atoms with E-state index in [0.717, 1.165) is 5.82 Å². The molecule has 1 aromatic rings. The summed E-state index contributed by atoms with van der Waals surface area (Å²) in [6.45, 7) is 2.28. The van der Waals surface area contributed by atoms with E-state index in [-0.39, 0.29) is 0 Å². The van der Waals surface area contributed by atoms with Crippen LogP contribution < -0.4 is 10.6 Å². The molecule has 0 bridgehead atoms. The number of aromatic nitrogens is 1. The van der Waals surface area contributed by atoms with Crippen molar-refractivity contribution in [3.63, 3.8) is 0 Å². The summed E-state index contributed by atoms with van der Waals surface area (Å²) < 4.78 is 24.2. The van der Waals surface area contributed by atoms with Crippen molar-refractivity contribution < 1.29 is 8.42 Å². The van der Waals surface area contributed by atoms with E-state index in [1.807, 2.05) is 4.90 Å². The Balaban J connectivity index is 2.05. The summed E-state index contributed by atoms with van der Waals surface area (Å²) >= 11 is 0. The molecule has 1 aliphatic rings. The molecule has 94 valence electrons. The lowest BCUT2D eigenvalue weighted by atomic mass is 10.3. The summed E-state index contributed by atoms with van der Waals surface area (Å²) in [5.74, 6) is 0.804. The predicted molar refractivity (Wildman–Crippen MR) is 67.3 cm³/mol. The van der Waals surface area contributed by atoms with Gasteiger partial charge in [-0.2, -0.15) is 4.31 Å². The highest BCUT2D eigenvalue weighted by atomic mass is 32.2. The molecule has 2 rings (SSSR count). The van der Waals surface area contributed by atoms with E-state index < -0.39 is 10.0 Å². The average Bonchev–Trinajstić information content (AvgIpc) is 2.28. The third kappa shape index (κ3) is 2.86. The first kappa shape index (κ1) is 12.1. The zero-order chi connectivity index (χ0) is 12.5.